The van der Waals surface area contributed by atoms with Gasteiger partial charge in [-0.1, -0.05) is 5.16 Å². The third-order valence-corrected chi connectivity index (χ3v) is 3.04. The van der Waals surface area contributed by atoms with Gasteiger partial charge in [-0.15, -0.1) is 0 Å². The van der Waals surface area contributed by atoms with E-state index in [9.17, 15) is 4.79 Å². The molecule has 1 aliphatic rings. The fraction of sp³-hybridized carbons (Fsp3) is 0.333. The molecule has 2 aromatic heterocycles. The summed E-state index contributed by atoms with van der Waals surface area (Å²) < 4.78 is 6.98. The molecule has 1 aliphatic heterocycles. The summed E-state index contributed by atoms with van der Waals surface area (Å²) in [5, 5.41) is 3.76. The molecular weight excluding hydrogens is 218 g/mol. The lowest BCUT2D eigenvalue weighted by molar-refractivity contribution is -0.132. The lowest BCUT2D eigenvalue weighted by atomic mass is 10.1. The topological polar surface area (TPSA) is 51.3 Å². The summed E-state index contributed by atoms with van der Waals surface area (Å²) in [6.45, 7) is 1.72. The van der Waals surface area contributed by atoms with Crippen LogP contribution in [0.5, 0.6) is 0 Å². The fourth-order valence-electron chi connectivity index (χ4n) is 2.09. The number of nitrogens with zero attached hydrogens (tertiary/aromatic N) is 3. The molecule has 0 spiro atoms. The number of carbonyl (C=O) groups excluding carboxylic acids is 1. The average molecular weight is 231 g/mol. The van der Waals surface area contributed by atoms with Gasteiger partial charge in [0.05, 0.1) is 12.7 Å². The van der Waals surface area contributed by atoms with Gasteiger partial charge in [-0.2, -0.15) is 0 Å². The Morgan fingerprint density at radius 2 is 2.24 bits per heavy atom. The van der Waals surface area contributed by atoms with Crippen molar-refractivity contribution in [3.8, 4) is 0 Å². The minimum absolute atomic E-state index is 0.132. The Morgan fingerprint density at radius 3 is 3.06 bits per heavy atom. The van der Waals surface area contributed by atoms with Crippen LogP contribution in [0.2, 0.25) is 0 Å². The number of aromatic nitrogens is 2. The van der Waals surface area contributed by atoms with Crippen molar-refractivity contribution in [2.24, 2.45) is 0 Å². The van der Waals surface area contributed by atoms with Crippen molar-refractivity contribution in [2.75, 3.05) is 6.54 Å². The van der Waals surface area contributed by atoms with E-state index in [1.54, 1.807) is 6.20 Å². The Kier molecular flexibility index (Phi) is 2.44. The van der Waals surface area contributed by atoms with E-state index in [0.29, 0.717) is 19.6 Å². The number of rotatable bonds is 2. The van der Waals surface area contributed by atoms with Gasteiger partial charge in [0.25, 0.3) is 0 Å². The molecule has 0 unspecified atom stereocenters. The summed E-state index contributed by atoms with van der Waals surface area (Å²) in [5.41, 5.74) is 1.03. The Labute approximate surface area is 98.6 Å². The minimum atomic E-state index is 0.132. The predicted octanol–water partition coefficient (Wildman–Crippen LogP) is 1.06. The molecule has 0 N–H and O–H groups in total. The van der Waals surface area contributed by atoms with E-state index in [1.165, 1.54) is 0 Å². The van der Waals surface area contributed by atoms with Crippen molar-refractivity contribution < 1.29 is 9.32 Å². The molecule has 1 amide bonds. The Balaban J connectivity index is 1.68. The van der Waals surface area contributed by atoms with E-state index < -0.39 is 0 Å². The van der Waals surface area contributed by atoms with Gasteiger partial charge < -0.3 is 14.0 Å². The maximum atomic E-state index is 12.1. The van der Waals surface area contributed by atoms with Crippen LogP contribution in [-0.4, -0.2) is 27.1 Å². The van der Waals surface area contributed by atoms with Crippen molar-refractivity contribution >= 4 is 5.91 Å². The van der Waals surface area contributed by atoms with Crippen LogP contribution in [0.25, 0.3) is 0 Å². The molecule has 0 radical (unpaired) electrons. The quantitative estimate of drug-likeness (QED) is 0.776. The molecule has 0 aliphatic carbocycles. The Hall–Kier alpha value is -2.04. The molecule has 3 rings (SSSR count). The first-order chi connectivity index (χ1) is 8.33. The summed E-state index contributed by atoms with van der Waals surface area (Å²) >= 11 is 0. The van der Waals surface area contributed by atoms with Crippen molar-refractivity contribution in [3.63, 3.8) is 0 Å². The zero-order valence-corrected chi connectivity index (χ0v) is 9.37. The molecule has 0 bridgehead atoms. The van der Waals surface area contributed by atoms with Gasteiger partial charge in [0, 0.05) is 30.9 Å². The van der Waals surface area contributed by atoms with E-state index in [4.69, 9.17) is 4.52 Å². The van der Waals surface area contributed by atoms with E-state index in [1.807, 2.05) is 34.0 Å². The van der Waals surface area contributed by atoms with Gasteiger partial charge in [0.15, 0.2) is 0 Å². The molecule has 5 nitrogen and oxygen atoms in total. The van der Waals surface area contributed by atoms with Gasteiger partial charge in [-0.25, -0.2) is 0 Å². The second-order valence-electron chi connectivity index (χ2n) is 4.19. The smallest absolute Gasteiger partial charge is 0.242 e. The first kappa shape index (κ1) is 10.1. The predicted molar refractivity (Wildman–Crippen MR) is 60.1 cm³/mol. The highest BCUT2D eigenvalue weighted by Gasteiger charge is 2.23. The maximum absolute atomic E-state index is 12.1. The van der Waals surface area contributed by atoms with Crippen LogP contribution < -0.4 is 0 Å². The zero-order chi connectivity index (χ0) is 11.7. The number of carbonyl (C=O) groups is 1. The molecule has 0 atom stereocenters. The van der Waals surface area contributed by atoms with Gasteiger partial charge in [-0.3, -0.25) is 4.79 Å². The molecule has 3 heterocycles. The normalized spacial score (nSPS) is 14.7. The molecule has 5 heteroatoms. The van der Waals surface area contributed by atoms with E-state index in [2.05, 4.69) is 5.16 Å². The fourth-order valence-corrected chi connectivity index (χ4v) is 2.09. The van der Waals surface area contributed by atoms with Crippen molar-refractivity contribution in [1.82, 2.24) is 14.6 Å². The lowest BCUT2D eigenvalue weighted by Gasteiger charge is -2.25. The van der Waals surface area contributed by atoms with Crippen LogP contribution in [0.1, 0.15) is 11.3 Å². The summed E-state index contributed by atoms with van der Waals surface area (Å²) in [4.78, 5) is 13.9. The summed E-state index contributed by atoms with van der Waals surface area (Å²) in [6, 6.07) is 3.84. The van der Waals surface area contributed by atoms with Crippen molar-refractivity contribution in [2.45, 2.75) is 19.5 Å². The van der Waals surface area contributed by atoms with Crippen molar-refractivity contribution in [3.05, 3.63) is 42.0 Å². The third-order valence-electron chi connectivity index (χ3n) is 3.04. The molecule has 0 fully saturated rings. The Bertz CT molecular complexity index is 516. The highest BCUT2D eigenvalue weighted by molar-refractivity contribution is 5.76. The number of hydrogen-bond acceptors (Lipinski definition) is 3. The SMILES string of the molecule is O=C(Cn1cccc1)N1CCc2oncc2C1. The van der Waals surface area contributed by atoms with Crippen LogP contribution in [0.15, 0.2) is 35.2 Å². The lowest BCUT2D eigenvalue weighted by Crippen LogP contribution is -2.37. The molecule has 0 saturated carbocycles. The van der Waals surface area contributed by atoms with Gasteiger partial charge in [-0.05, 0) is 12.1 Å². The third kappa shape index (κ3) is 1.95. The first-order valence-corrected chi connectivity index (χ1v) is 5.64. The van der Waals surface area contributed by atoms with Crippen molar-refractivity contribution in [1.29, 1.82) is 0 Å². The zero-order valence-electron chi connectivity index (χ0n) is 9.37. The average Bonchev–Trinajstić information content (AvgIpc) is 2.97. The largest absolute Gasteiger partial charge is 0.361 e. The van der Waals surface area contributed by atoms with E-state index in [0.717, 1.165) is 17.7 Å². The van der Waals surface area contributed by atoms with Crippen LogP contribution in [-0.2, 0) is 24.3 Å². The molecule has 88 valence electrons. The summed E-state index contributed by atoms with van der Waals surface area (Å²) in [6.07, 6.45) is 6.25. The van der Waals surface area contributed by atoms with Crippen LogP contribution >= 0.6 is 0 Å². The van der Waals surface area contributed by atoms with E-state index in [-0.39, 0.29) is 5.91 Å². The molecule has 2 aromatic rings. The van der Waals surface area contributed by atoms with Gasteiger partial charge in [0.2, 0.25) is 5.91 Å². The highest BCUT2D eigenvalue weighted by Crippen LogP contribution is 2.18. The van der Waals surface area contributed by atoms with Crippen LogP contribution in [0, 0.1) is 0 Å². The monoisotopic (exact) mass is 231 g/mol. The summed E-state index contributed by atoms with van der Waals surface area (Å²) in [5.74, 6) is 1.04. The number of amides is 1. The molecule has 17 heavy (non-hydrogen) atoms. The van der Waals surface area contributed by atoms with Crippen LogP contribution in [0.4, 0.5) is 0 Å². The number of hydrogen-bond donors (Lipinski definition) is 0. The van der Waals surface area contributed by atoms with E-state index >= 15 is 0 Å². The summed E-state index contributed by atoms with van der Waals surface area (Å²) in [7, 11) is 0. The minimum Gasteiger partial charge on any atom is -0.361 e. The molecule has 0 saturated heterocycles. The second-order valence-corrected chi connectivity index (χ2v) is 4.19. The highest BCUT2D eigenvalue weighted by atomic mass is 16.5. The second kappa shape index (κ2) is 4.08. The standard InChI is InChI=1S/C12H13N3O2/c16-12(9-14-4-1-2-5-14)15-6-3-11-10(8-15)7-13-17-11/h1-2,4-5,7H,3,6,8-9H2. The molecular formula is C12H13N3O2. The molecule has 0 aromatic carbocycles. The number of fused-ring (bicyclic) bond motifs is 1. The Morgan fingerprint density at radius 1 is 1.41 bits per heavy atom. The van der Waals surface area contributed by atoms with Crippen LogP contribution in [0.3, 0.4) is 0 Å². The first-order valence-electron chi connectivity index (χ1n) is 5.64. The van der Waals surface area contributed by atoms with Gasteiger partial charge >= 0.3 is 0 Å². The van der Waals surface area contributed by atoms with Gasteiger partial charge in [0.1, 0.15) is 12.3 Å². The maximum Gasteiger partial charge on any atom is 0.242 e.